The van der Waals surface area contributed by atoms with Crippen molar-refractivity contribution in [1.82, 2.24) is 14.5 Å². The summed E-state index contributed by atoms with van der Waals surface area (Å²) in [5.41, 5.74) is 13.2. The Morgan fingerprint density at radius 3 is 1.60 bits per heavy atom. The van der Waals surface area contributed by atoms with Crippen molar-refractivity contribution < 1.29 is 0 Å². The maximum absolute atomic E-state index is 5.38. The normalized spacial score (nSPS) is 11.7. The van der Waals surface area contributed by atoms with Gasteiger partial charge in [-0.05, 0) is 102 Å². The Morgan fingerprint density at radius 1 is 0.292 bits per heavy atom. The van der Waals surface area contributed by atoms with Gasteiger partial charge in [0.2, 0.25) is 0 Å². The highest BCUT2D eigenvalue weighted by molar-refractivity contribution is 6.29. The highest BCUT2D eigenvalue weighted by Gasteiger charge is 2.22. The summed E-state index contributed by atoms with van der Waals surface area (Å²) >= 11 is 0. The molecule has 65 heavy (non-hydrogen) atoms. The molecule has 0 bridgehead atoms. The summed E-state index contributed by atoms with van der Waals surface area (Å²) in [4.78, 5) is 10.7. The van der Waals surface area contributed by atoms with Crippen molar-refractivity contribution in [3.8, 4) is 61.8 Å². The molecule has 0 spiro atoms. The van der Waals surface area contributed by atoms with Crippen LogP contribution in [0.3, 0.4) is 0 Å². The molecule has 0 unspecified atom stereocenters. The van der Waals surface area contributed by atoms with Crippen molar-refractivity contribution in [3.05, 3.63) is 237 Å². The van der Waals surface area contributed by atoms with E-state index in [4.69, 9.17) is 9.97 Å². The minimum absolute atomic E-state index is 0.693. The molecule has 3 heteroatoms. The summed E-state index contributed by atoms with van der Waals surface area (Å²) < 4.78 is 2.35. The quantitative estimate of drug-likeness (QED) is 0.123. The van der Waals surface area contributed by atoms with E-state index in [1.54, 1.807) is 0 Å². The summed E-state index contributed by atoms with van der Waals surface area (Å²) in [6.45, 7) is 0. The van der Waals surface area contributed by atoms with Gasteiger partial charge in [0.1, 0.15) is 0 Å². The van der Waals surface area contributed by atoms with Gasteiger partial charge in [-0.1, -0.05) is 200 Å². The molecule has 0 aliphatic rings. The first-order valence-corrected chi connectivity index (χ1v) is 22.2. The average molecular weight is 826 g/mol. The number of hydrogen-bond acceptors (Lipinski definition) is 2. The molecule has 0 radical (unpaired) electrons. The van der Waals surface area contributed by atoms with E-state index in [9.17, 15) is 0 Å². The van der Waals surface area contributed by atoms with Crippen molar-refractivity contribution >= 4 is 64.9 Å². The van der Waals surface area contributed by atoms with E-state index in [0.717, 1.165) is 44.7 Å². The van der Waals surface area contributed by atoms with Crippen LogP contribution in [0.15, 0.2) is 237 Å². The summed E-state index contributed by atoms with van der Waals surface area (Å²) in [5.74, 6) is 0.693. The first-order chi connectivity index (χ1) is 32.3. The summed E-state index contributed by atoms with van der Waals surface area (Å²) in [6.07, 6.45) is 0. The number of fused-ring (bicyclic) bond motifs is 8. The van der Waals surface area contributed by atoms with Crippen molar-refractivity contribution in [2.24, 2.45) is 0 Å². The maximum Gasteiger partial charge on any atom is 0.160 e. The Labute approximate surface area is 376 Å². The highest BCUT2D eigenvalue weighted by atomic mass is 15.0. The largest absolute Gasteiger partial charge is 0.309 e. The molecule has 2 aromatic heterocycles. The van der Waals surface area contributed by atoms with Crippen molar-refractivity contribution in [3.63, 3.8) is 0 Å². The van der Waals surface area contributed by atoms with E-state index in [0.29, 0.717) is 5.82 Å². The third-order valence-electron chi connectivity index (χ3n) is 13.2. The molecule has 0 aliphatic heterocycles. The van der Waals surface area contributed by atoms with Crippen LogP contribution in [0.25, 0.3) is 127 Å². The van der Waals surface area contributed by atoms with Gasteiger partial charge in [-0.2, -0.15) is 0 Å². The van der Waals surface area contributed by atoms with E-state index in [2.05, 4.69) is 235 Å². The standard InChI is InChI=1S/C62H39N3/c1-4-19-41(20-5-1)59-50-29-14-15-30-51(50)61(60-45-25-11-10-18-40(45)32-34-53(59)60)52-36-35-48(46-26-12-13-27-47(46)52)56-39-55(63-62(64-56)42-21-6-2-7-22-42)43-33-37-58-54(38-43)49-28-16-17-31-57(49)65(58)44-23-8-3-9-24-44/h1-39H. The van der Waals surface area contributed by atoms with Crippen LogP contribution in [0, 0.1) is 0 Å². The second-order valence-electron chi connectivity index (χ2n) is 16.8. The first kappa shape index (κ1) is 36.9. The number of para-hydroxylation sites is 2. The first-order valence-electron chi connectivity index (χ1n) is 22.2. The molecule has 13 aromatic rings. The van der Waals surface area contributed by atoms with E-state index in [1.165, 1.54) is 76.2 Å². The van der Waals surface area contributed by atoms with Crippen LogP contribution in [0.4, 0.5) is 0 Å². The number of aromatic nitrogens is 3. The lowest BCUT2D eigenvalue weighted by Crippen LogP contribution is -1.97. The van der Waals surface area contributed by atoms with Crippen LogP contribution in [-0.4, -0.2) is 14.5 Å². The Kier molecular flexibility index (Phi) is 8.53. The number of benzene rings is 11. The van der Waals surface area contributed by atoms with Gasteiger partial charge in [0.15, 0.2) is 5.82 Å². The molecule has 0 amide bonds. The molecule has 13 rings (SSSR count). The summed E-state index contributed by atoms with van der Waals surface area (Å²) in [7, 11) is 0. The van der Waals surface area contributed by atoms with Crippen LogP contribution in [0.1, 0.15) is 0 Å². The molecule has 11 aromatic carbocycles. The molecule has 0 N–H and O–H groups in total. The van der Waals surface area contributed by atoms with Crippen LogP contribution in [-0.2, 0) is 0 Å². The fraction of sp³-hybridized carbons (Fsp3) is 0. The van der Waals surface area contributed by atoms with Crippen molar-refractivity contribution in [1.29, 1.82) is 0 Å². The van der Waals surface area contributed by atoms with Crippen LogP contribution >= 0.6 is 0 Å². The molecule has 0 saturated carbocycles. The topological polar surface area (TPSA) is 30.7 Å². The van der Waals surface area contributed by atoms with Crippen LogP contribution < -0.4 is 0 Å². The van der Waals surface area contributed by atoms with E-state index in [1.807, 2.05) is 6.07 Å². The minimum atomic E-state index is 0.693. The Morgan fingerprint density at radius 2 is 0.846 bits per heavy atom. The minimum Gasteiger partial charge on any atom is -0.309 e. The predicted octanol–water partition coefficient (Wildman–Crippen LogP) is 16.5. The number of nitrogens with zero attached hydrogens (tertiary/aromatic N) is 3. The molecule has 0 fully saturated rings. The van der Waals surface area contributed by atoms with Gasteiger partial charge in [-0.25, -0.2) is 9.97 Å². The zero-order valence-corrected chi connectivity index (χ0v) is 35.4. The van der Waals surface area contributed by atoms with Gasteiger partial charge in [-0.15, -0.1) is 0 Å². The third kappa shape index (κ3) is 5.97. The Balaban J connectivity index is 1.06. The average Bonchev–Trinajstić information content (AvgIpc) is 3.72. The summed E-state index contributed by atoms with van der Waals surface area (Å²) in [6, 6.07) is 85.2. The molecule has 3 nitrogen and oxygen atoms in total. The maximum atomic E-state index is 5.38. The third-order valence-corrected chi connectivity index (χ3v) is 13.2. The summed E-state index contributed by atoms with van der Waals surface area (Å²) in [5, 5.41) is 12.1. The fourth-order valence-corrected chi connectivity index (χ4v) is 10.3. The van der Waals surface area contributed by atoms with Crippen LogP contribution in [0.2, 0.25) is 0 Å². The number of rotatable bonds is 6. The van der Waals surface area contributed by atoms with E-state index in [-0.39, 0.29) is 0 Å². The highest BCUT2D eigenvalue weighted by Crippen LogP contribution is 2.48. The zero-order chi connectivity index (χ0) is 42.8. The number of hydrogen-bond donors (Lipinski definition) is 0. The van der Waals surface area contributed by atoms with Gasteiger partial charge >= 0.3 is 0 Å². The van der Waals surface area contributed by atoms with Crippen LogP contribution in [0.5, 0.6) is 0 Å². The zero-order valence-electron chi connectivity index (χ0n) is 35.4. The lowest BCUT2D eigenvalue weighted by Gasteiger charge is -2.21. The molecule has 0 atom stereocenters. The second kappa shape index (κ2) is 15.0. The lowest BCUT2D eigenvalue weighted by molar-refractivity contribution is 1.18. The van der Waals surface area contributed by atoms with Crippen molar-refractivity contribution in [2.45, 2.75) is 0 Å². The van der Waals surface area contributed by atoms with Gasteiger partial charge < -0.3 is 4.57 Å². The Bertz CT molecular complexity index is 3980. The van der Waals surface area contributed by atoms with Gasteiger partial charge in [-0.3, -0.25) is 0 Å². The van der Waals surface area contributed by atoms with E-state index < -0.39 is 0 Å². The SMILES string of the molecule is c1ccc(-c2nc(-c3ccc4c(c3)c3ccccc3n4-c3ccccc3)cc(-c3ccc(-c4c5ccccc5c(-c5ccccc5)c5ccc6ccccc6c45)c4ccccc34)n2)cc1. The fourth-order valence-electron chi connectivity index (χ4n) is 10.3. The molecule has 0 saturated heterocycles. The second-order valence-corrected chi connectivity index (χ2v) is 16.8. The molecule has 2 heterocycles. The molecular weight excluding hydrogens is 787 g/mol. The van der Waals surface area contributed by atoms with Crippen molar-refractivity contribution in [2.75, 3.05) is 0 Å². The predicted molar refractivity (Wildman–Crippen MR) is 274 cm³/mol. The van der Waals surface area contributed by atoms with E-state index >= 15 is 0 Å². The molecule has 0 aliphatic carbocycles. The smallest absolute Gasteiger partial charge is 0.160 e. The lowest BCUT2D eigenvalue weighted by atomic mass is 9.82. The monoisotopic (exact) mass is 825 g/mol. The Hall–Kier alpha value is -8.66. The van der Waals surface area contributed by atoms with Gasteiger partial charge in [0.25, 0.3) is 0 Å². The molecular formula is C62H39N3. The molecule has 302 valence electrons. The van der Waals surface area contributed by atoms with Gasteiger partial charge in [0.05, 0.1) is 22.4 Å². The van der Waals surface area contributed by atoms with Gasteiger partial charge in [0, 0.05) is 33.2 Å².